The highest BCUT2D eigenvalue weighted by Crippen LogP contribution is 2.25. The Balaban J connectivity index is 2.08. The van der Waals surface area contributed by atoms with Crippen molar-refractivity contribution in [1.29, 1.82) is 0 Å². The van der Waals surface area contributed by atoms with Crippen molar-refractivity contribution in [2.45, 2.75) is 6.54 Å². The molecular weight excluding hydrogens is 301 g/mol. The Kier molecular flexibility index (Phi) is 4.06. The van der Waals surface area contributed by atoms with Crippen molar-refractivity contribution in [3.8, 4) is 0 Å². The molecule has 0 aliphatic rings. The van der Waals surface area contributed by atoms with Crippen LogP contribution in [-0.2, 0) is 6.54 Å². The molecule has 0 aliphatic heterocycles. The molecule has 0 atom stereocenters. The fourth-order valence-electron chi connectivity index (χ4n) is 1.38. The Bertz CT molecular complexity index is 531. The summed E-state index contributed by atoms with van der Waals surface area (Å²) >= 11 is 3.34. The van der Waals surface area contributed by atoms with E-state index >= 15 is 0 Å². The van der Waals surface area contributed by atoms with Gasteiger partial charge in [0.05, 0.1) is 0 Å². The second-order valence-electron chi connectivity index (χ2n) is 3.51. The van der Waals surface area contributed by atoms with Crippen LogP contribution in [0.5, 0.6) is 0 Å². The van der Waals surface area contributed by atoms with Gasteiger partial charge in [0, 0.05) is 6.54 Å². The fourth-order valence-corrected chi connectivity index (χ4v) is 1.84. The van der Waals surface area contributed by atoms with Crippen LogP contribution < -0.4 is 16.6 Å². The van der Waals surface area contributed by atoms with Crippen molar-refractivity contribution < 1.29 is 4.39 Å². The highest BCUT2D eigenvalue weighted by atomic mass is 79.9. The molecule has 1 heterocycles. The van der Waals surface area contributed by atoms with Gasteiger partial charge in [-0.15, -0.1) is 0 Å². The summed E-state index contributed by atoms with van der Waals surface area (Å²) in [5.74, 6) is 6.16. The first-order chi connectivity index (χ1) is 8.70. The Labute approximate surface area is 112 Å². The van der Waals surface area contributed by atoms with Gasteiger partial charge in [-0.3, -0.25) is 0 Å². The van der Waals surface area contributed by atoms with Gasteiger partial charge >= 0.3 is 0 Å². The summed E-state index contributed by atoms with van der Waals surface area (Å²) < 4.78 is 13.4. The van der Waals surface area contributed by atoms with E-state index in [1.165, 1.54) is 18.5 Å². The number of anilines is 2. The van der Waals surface area contributed by atoms with Gasteiger partial charge in [0.25, 0.3) is 0 Å². The number of rotatable bonds is 4. The molecule has 0 aliphatic carbocycles. The van der Waals surface area contributed by atoms with E-state index in [1.54, 1.807) is 12.1 Å². The molecule has 0 saturated carbocycles. The third-order valence-electron chi connectivity index (χ3n) is 2.30. The summed E-state index contributed by atoms with van der Waals surface area (Å²) in [6, 6.07) is 6.25. The Morgan fingerprint density at radius 1 is 1.17 bits per heavy atom. The predicted molar refractivity (Wildman–Crippen MR) is 71.3 cm³/mol. The molecule has 4 N–H and O–H groups in total. The molecule has 0 radical (unpaired) electrons. The van der Waals surface area contributed by atoms with Crippen LogP contribution in [0.1, 0.15) is 5.56 Å². The number of aromatic nitrogens is 2. The molecule has 5 nitrogen and oxygen atoms in total. The number of halogens is 2. The lowest BCUT2D eigenvalue weighted by Crippen LogP contribution is -2.11. The minimum atomic E-state index is -0.253. The summed E-state index contributed by atoms with van der Waals surface area (Å²) in [5.41, 5.74) is 3.40. The van der Waals surface area contributed by atoms with Crippen molar-refractivity contribution in [3.05, 3.63) is 46.4 Å². The zero-order chi connectivity index (χ0) is 13.0. The van der Waals surface area contributed by atoms with Crippen LogP contribution in [0.3, 0.4) is 0 Å². The standard InChI is InChI=1S/C11H11BrFN5/c12-9-10(16-6-17-11(9)18-14)15-5-7-1-3-8(13)4-2-7/h1-4,6H,5,14H2,(H2,15,16,17,18). The first-order valence-electron chi connectivity index (χ1n) is 5.16. The first-order valence-corrected chi connectivity index (χ1v) is 5.95. The summed E-state index contributed by atoms with van der Waals surface area (Å²) in [6.07, 6.45) is 1.40. The summed E-state index contributed by atoms with van der Waals surface area (Å²) in [7, 11) is 0. The minimum absolute atomic E-state index is 0.253. The van der Waals surface area contributed by atoms with E-state index in [1.807, 2.05) is 0 Å². The molecular formula is C11H11BrFN5. The average Bonchev–Trinajstić information content (AvgIpc) is 2.39. The topological polar surface area (TPSA) is 75.9 Å². The van der Waals surface area contributed by atoms with Gasteiger partial charge in [-0.1, -0.05) is 12.1 Å². The summed E-state index contributed by atoms with van der Waals surface area (Å²) in [4.78, 5) is 8.02. The Morgan fingerprint density at radius 2 is 1.83 bits per heavy atom. The quantitative estimate of drug-likeness (QED) is 0.596. The maximum absolute atomic E-state index is 12.7. The van der Waals surface area contributed by atoms with Crippen molar-refractivity contribution in [2.75, 3.05) is 10.7 Å². The second kappa shape index (κ2) is 5.74. The third-order valence-corrected chi connectivity index (χ3v) is 3.05. The molecule has 1 aromatic heterocycles. The van der Waals surface area contributed by atoms with E-state index in [0.717, 1.165) is 5.56 Å². The minimum Gasteiger partial charge on any atom is -0.365 e. The molecule has 0 bridgehead atoms. The SMILES string of the molecule is NNc1ncnc(NCc2ccc(F)cc2)c1Br. The number of nitrogens with zero attached hydrogens (tertiary/aromatic N) is 2. The zero-order valence-corrected chi connectivity index (χ0v) is 10.9. The average molecular weight is 312 g/mol. The van der Waals surface area contributed by atoms with Crippen molar-refractivity contribution >= 4 is 27.6 Å². The van der Waals surface area contributed by atoms with E-state index < -0.39 is 0 Å². The molecule has 2 rings (SSSR count). The zero-order valence-electron chi connectivity index (χ0n) is 9.32. The lowest BCUT2D eigenvalue weighted by Gasteiger charge is -2.09. The van der Waals surface area contributed by atoms with E-state index in [2.05, 4.69) is 36.6 Å². The van der Waals surface area contributed by atoms with Gasteiger partial charge in [0.1, 0.15) is 22.4 Å². The molecule has 2 aromatic rings. The van der Waals surface area contributed by atoms with Gasteiger partial charge in [-0.05, 0) is 33.6 Å². The molecule has 7 heteroatoms. The third kappa shape index (κ3) is 2.93. The monoisotopic (exact) mass is 311 g/mol. The molecule has 0 unspecified atom stereocenters. The van der Waals surface area contributed by atoms with Crippen LogP contribution in [0.4, 0.5) is 16.0 Å². The number of nitrogens with one attached hydrogen (secondary N) is 2. The van der Waals surface area contributed by atoms with Crippen molar-refractivity contribution in [1.82, 2.24) is 9.97 Å². The normalized spacial score (nSPS) is 10.2. The highest BCUT2D eigenvalue weighted by Gasteiger charge is 2.06. The van der Waals surface area contributed by atoms with E-state index in [0.29, 0.717) is 22.7 Å². The van der Waals surface area contributed by atoms with Crippen LogP contribution in [-0.4, -0.2) is 9.97 Å². The number of hydrogen-bond acceptors (Lipinski definition) is 5. The van der Waals surface area contributed by atoms with Crippen LogP contribution >= 0.6 is 15.9 Å². The number of benzene rings is 1. The Hall–Kier alpha value is -1.73. The predicted octanol–water partition coefficient (Wildman–Crippen LogP) is 2.28. The molecule has 18 heavy (non-hydrogen) atoms. The van der Waals surface area contributed by atoms with Gasteiger partial charge in [0.2, 0.25) is 0 Å². The van der Waals surface area contributed by atoms with E-state index in [9.17, 15) is 4.39 Å². The van der Waals surface area contributed by atoms with Crippen LogP contribution in [0, 0.1) is 5.82 Å². The maximum atomic E-state index is 12.7. The highest BCUT2D eigenvalue weighted by molar-refractivity contribution is 9.10. The number of nitrogen functional groups attached to an aromatic ring is 1. The second-order valence-corrected chi connectivity index (χ2v) is 4.30. The van der Waals surface area contributed by atoms with Crippen LogP contribution in [0.15, 0.2) is 35.1 Å². The molecule has 0 fully saturated rings. The largest absolute Gasteiger partial charge is 0.365 e. The molecule has 94 valence electrons. The summed E-state index contributed by atoms with van der Waals surface area (Å²) in [6.45, 7) is 0.528. The van der Waals surface area contributed by atoms with E-state index in [4.69, 9.17) is 5.84 Å². The number of nitrogens with two attached hydrogens (primary N) is 1. The molecule has 0 amide bonds. The van der Waals surface area contributed by atoms with Crippen LogP contribution in [0.25, 0.3) is 0 Å². The van der Waals surface area contributed by atoms with Gasteiger partial charge in [-0.25, -0.2) is 20.2 Å². The molecule has 0 saturated heterocycles. The van der Waals surface area contributed by atoms with E-state index in [-0.39, 0.29) is 5.82 Å². The lowest BCUT2D eigenvalue weighted by atomic mass is 10.2. The molecule has 0 spiro atoms. The van der Waals surface area contributed by atoms with Crippen LogP contribution in [0.2, 0.25) is 0 Å². The fraction of sp³-hybridized carbons (Fsp3) is 0.0909. The Morgan fingerprint density at radius 3 is 2.50 bits per heavy atom. The number of hydrogen-bond donors (Lipinski definition) is 3. The van der Waals surface area contributed by atoms with Crippen molar-refractivity contribution in [2.24, 2.45) is 5.84 Å². The van der Waals surface area contributed by atoms with Gasteiger partial charge in [0.15, 0.2) is 5.82 Å². The van der Waals surface area contributed by atoms with Gasteiger partial charge < -0.3 is 10.7 Å². The first kappa shape index (κ1) is 12.7. The number of hydrazine groups is 1. The van der Waals surface area contributed by atoms with Gasteiger partial charge in [-0.2, -0.15) is 0 Å². The maximum Gasteiger partial charge on any atom is 0.159 e. The summed E-state index contributed by atoms with van der Waals surface area (Å²) in [5, 5.41) is 3.11. The lowest BCUT2D eigenvalue weighted by molar-refractivity contribution is 0.627. The molecule has 1 aromatic carbocycles. The van der Waals surface area contributed by atoms with Crippen molar-refractivity contribution in [3.63, 3.8) is 0 Å². The smallest absolute Gasteiger partial charge is 0.159 e.